The SMILES string of the molecule is COc1ccc(OC)c(-c2csc(NC(=O)[C@H]3CC(=O)N(c4ccc5c(c4)OCCO5)C3)n2)c1. The summed E-state index contributed by atoms with van der Waals surface area (Å²) in [6.45, 7) is 1.25. The van der Waals surface area contributed by atoms with Crippen molar-refractivity contribution in [2.45, 2.75) is 6.42 Å². The minimum absolute atomic E-state index is 0.113. The van der Waals surface area contributed by atoms with Gasteiger partial charge in [-0.25, -0.2) is 4.98 Å². The molecule has 2 aromatic carbocycles. The van der Waals surface area contributed by atoms with Crippen molar-refractivity contribution >= 4 is 34.0 Å². The van der Waals surface area contributed by atoms with Crippen molar-refractivity contribution in [3.05, 3.63) is 41.8 Å². The summed E-state index contributed by atoms with van der Waals surface area (Å²) in [5.74, 6) is 1.75. The zero-order valence-corrected chi connectivity index (χ0v) is 19.5. The molecule has 2 aliphatic heterocycles. The number of anilines is 2. The summed E-state index contributed by atoms with van der Waals surface area (Å²) >= 11 is 1.31. The van der Waals surface area contributed by atoms with Crippen LogP contribution in [0.25, 0.3) is 11.3 Å². The summed E-state index contributed by atoms with van der Waals surface area (Å²) in [5, 5.41) is 5.15. The van der Waals surface area contributed by atoms with Crippen molar-refractivity contribution in [1.82, 2.24) is 4.98 Å². The molecule has 5 rings (SSSR count). The Labute approximate surface area is 200 Å². The number of hydrogen-bond donors (Lipinski definition) is 1. The Morgan fingerprint density at radius 2 is 1.94 bits per heavy atom. The van der Waals surface area contributed by atoms with Gasteiger partial charge in [0.2, 0.25) is 11.8 Å². The van der Waals surface area contributed by atoms with Crippen LogP contribution in [0.5, 0.6) is 23.0 Å². The smallest absolute Gasteiger partial charge is 0.231 e. The Morgan fingerprint density at radius 3 is 2.74 bits per heavy atom. The summed E-state index contributed by atoms with van der Waals surface area (Å²) in [5.41, 5.74) is 2.11. The van der Waals surface area contributed by atoms with Crippen LogP contribution in [0.2, 0.25) is 0 Å². The molecule has 176 valence electrons. The molecule has 3 aromatic rings. The maximum absolute atomic E-state index is 12.9. The lowest BCUT2D eigenvalue weighted by Gasteiger charge is -2.22. The molecule has 1 aromatic heterocycles. The maximum Gasteiger partial charge on any atom is 0.231 e. The van der Waals surface area contributed by atoms with Crippen molar-refractivity contribution in [2.24, 2.45) is 5.92 Å². The van der Waals surface area contributed by atoms with E-state index < -0.39 is 5.92 Å². The number of carbonyl (C=O) groups is 2. The van der Waals surface area contributed by atoms with Crippen molar-refractivity contribution < 1.29 is 28.5 Å². The van der Waals surface area contributed by atoms with Gasteiger partial charge in [0, 0.05) is 35.7 Å². The van der Waals surface area contributed by atoms with E-state index >= 15 is 0 Å². The van der Waals surface area contributed by atoms with Crippen LogP contribution in [0.3, 0.4) is 0 Å². The van der Waals surface area contributed by atoms with Gasteiger partial charge in [-0.15, -0.1) is 11.3 Å². The molecule has 9 nitrogen and oxygen atoms in total. The molecule has 1 N–H and O–H groups in total. The summed E-state index contributed by atoms with van der Waals surface area (Å²) in [4.78, 5) is 31.7. The molecule has 1 atom stereocenters. The molecule has 3 heterocycles. The molecule has 34 heavy (non-hydrogen) atoms. The van der Waals surface area contributed by atoms with Crippen LogP contribution in [-0.2, 0) is 9.59 Å². The number of ether oxygens (including phenoxy) is 4. The van der Waals surface area contributed by atoms with Gasteiger partial charge in [0.1, 0.15) is 24.7 Å². The molecule has 2 amide bonds. The quantitative estimate of drug-likeness (QED) is 0.574. The highest BCUT2D eigenvalue weighted by atomic mass is 32.1. The fourth-order valence-corrected chi connectivity index (χ4v) is 4.72. The number of thiazole rings is 1. The average Bonchev–Trinajstić information content (AvgIpc) is 3.50. The third kappa shape index (κ3) is 4.24. The summed E-state index contributed by atoms with van der Waals surface area (Å²) in [6.07, 6.45) is 0.127. The highest BCUT2D eigenvalue weighted by Crippen LogP contribution is 2.37. The minimum Gasteiger partial charge on any atom is -0.497 e. The van der Waals surface area contributed by atoms with Crippen molar-refractivity contribution in [2.75, 3.05) is 44.2 Å². The van der Waals surface area contributed by atoms with Gasteiger partial charge in [-0.3, -0.25) is 9.59 Å². The number of fused-ring (bicyclic) bond motifs is 1. The zero-order chi connectivity index (χ0) is 23.7. The number of aromatic nitrogens is 1. The van der Waals surface area contributed by atoms with Crippen molar-refractivity contribution in [3.8, 4) is 34.3 Å². The zero-order valence-electron chi connectivity index (χ0n) is 18.7. The molecule has 10 heteroatoms. The number of methoxy groups -OCH3 is 2. The van der Waals surface area contributed by atoms with E-state index in [0.717, 1.165) is 5.56 Å². The molecule has 0 radical (unpaired) electrons. The first-order chi connectivity index (χ1) is 16.6. The highest BCUT2D eigenvalue weighted by molar-refractivity contribution is 7.14. The third-order valence-corrected chi connectivity index (χ3v) is 6.51. The van der Waals surface area contributed by atoms with Gasteiger partial charge in [-0.05, 0) is 30.3 Å². The van der Waals surface area contributed by atoms with E-state index in [1.165, 1.54) is 11.3 Å². The molecule has 0 spiro atoms. The Balaban J connectivity index is 1.28. The van der Waals surface area contributed by atoms with Gasteiger partial charge in [0.05, 0.1) is 25.8 Å². The van der Waals surface area contributed by atoms with E-state index in [2.05, 4.69) is 10.3 Å². The predicted molar refractivity (Wildman–Crippen MR) is 127 cm³/mol. The van der Waals surface area contributed by atoms with Gasteiger partial charge in [0.25, 0.3) is 0 Å². The lowest BCUT2D eigenvalue weighted by Crippen LogP contribution is -2.28. The molecule has 2 aliphatic rings. The van der Waals surface area contributed by atoms with Crippen molar-refractivity contribution in [3.63, 3.8) is 0 Å². The first-order valence-corrected chi connectivity index (χ1v) is 11.6. The Morgan fingerprint density at radius 1 is 1.12 bits per heavy atom. The Kier molecular flexibility index (Phi) is 5.97. The second kappa shape index (κ2) is 9.22. The fraction of sp³-hybridized carbons (Fsp3) is 0.292. The Bertz CT molecular complexity index is 1240. The molecule has 0 saturated carbocycles. The molecule has 1 saturated heterocycles. The average molecular weight is 482 g/mol. The van der Waals surface area contributed by atoms with Gasteiger partial charge in [0.15, 0.2) is 16.6 Å². The van der Waals surface area contributed by atoms with Crippen LogP contribution >= 0.6 is 11.3 Å². The molecular weight excluding hydrogens is 458 g/mol. The lowest BCUT2D eigenvalue weighted by molar-refractivity contribution is -0.122. The molecule has 1 fully saturated rings. The minimum atomic E-state index is -0.487. The van der Waals surface area contributed by atoms with Crippen molar-refractivity contribution in [1.29, 1.82) is 0 Å². The number of rotatable bonds is 6. The van der Waals surface area contributed by atoms with Gasteiger partial charge in [-0.1, -0.05) is 0 Å². The molecule has 0 unspecified atom stereocenters. The molecular formula is C24H23N3O6S. The second-order valence-corrected chi connectivity index (χ2v) is 8.68. The fourth-order valence-electron chi connectivity index (χ4n) is 4.01. The first-order valence-electron chi connectivity index (χ1n) is 10.7. The number of amides is 2. The summed E-state index contributed by atoms with van der Waals surface area (Å²) < 4.78 is 21.9. The second-order valence-electron chi connectivity index (χ2n) is 7.83. The van der Waals surface area contributed by atoms with Crippen LogP contribution in [0.1, 0.15) is 6.42 Å². The number of nitrogens with one attached hydrogen (secondary N) is 1. The topological polar surface area (TPSA) is 99.2 Å². The van der Waals surface area contributed by atoms with E-state index in [4.69, 9.17) is 18.9 Å². The normalized spacial score (nSPS) is 16.9. The number of hydrogen-bond acceptors (Lipinski definition) is 8. The number of carbonyl (C=O) groups excluding carboxylic acids is 2. The van der Waals surface area contributed by atoms with Gasteiger partial charge >= 0.3 is 0 Å². The number of benzene rings is 2. The van der Waals surface area contributed by atoms with Crippen LogP contribution < -0.4 is 29.2 Å². The van der Waals surface area contributed by atoms with Gasteiger partial charge < -0.3 is 29.2 Å². The van der Waals surface area contributed by atoms with Crippen LogP contribution in [0, 0.1) is 5.92 Å². The largest absolute Gasteiger partial charge is 0.497 e. The van der Waals surface area contributed by atoms with E-state index in [1.54, 1.807) is 37.3 Å². The summed E-state index contributed by atoms with van der Waals surface area (Å²) in [6, 6.07) is 10.8. The van der Waals surface area contributed by atoms with E-state index in [-0.39, 0.29) is 24.8 Å². The number of nitrogens with zero attached hydrogens (tertiary/aromatic N) is 2. The highest BCUT2D eigenvalue weighted by Gasteiger charge is 2.36. The van der Waals surface area contributed by atoms with Crippen LogP contribution in [-0.4, -0.2) is 50.8 Å². The first kappa shape index (κ1) is 22.0. The maximum atomic E-state index is 12.9. The lowest BCUT2D eigenvalue weighted by atomic mass is 10.1. The van der Waals surface area contributed by atoms with Crippen LogP contribution in [0.4, 0.5) is 10.8 Å². The predicted octanol–water partition coefficient (Wildman–Crippen LogP) is 3.59. The van der Waals surface area contributed by atoms with Crippen LogP contribution in [0.15, 0.2) is 41.8 Å². The monoisotopic (exact) mass is 481 g/mol. The summed E-state index contributed by atoms with van der Waals surface area (Å²) in [7, 11) is 3.18. The van der Waals surface area contributed by atoms with E-state index in [0.29, 0.717) is 52.7 Å². The van der Waals surface area contributed by atoms with Gasteiger partial charge in [-0.2, -0.15) is 0 Å². The van der Waals surface area contributed by atoms with E-state index in [9.17, 15) is 9.59 Å². The molecule has 0 bridgehead atoms. The Hall–Kier alpha value is -3.79. The third-order valence-electron chi connectivity index (χ3n) is 5.75. The molecule has 0 aliphatic carbocycles. The van der Waals surface area contributed by atoms with E-state index in [1.807, 2.05) is 23.6 Å². The standard InChI is InChI=1S/C24H23N3O6S/c1-30-16-4-6-19(31-2)17(11-16)18-13-34-24(25-18)26-23(29)14-9-22(28)27(12-14)15-3-5-20-21(10-15)33-8-7-32-20/h3-6,10-11,13-14H,7-9,12H2,1-2H3,(H,25,26,29)/t14-/m0/s1.